The van der Waals surface area contributed by atoms with E-state index in [2.05, 4.69) is 44.0 Å². The minimum Gasteiger partial charge on any atom is -0.377 e. The number of hydrogen-bond donors (Lipinski definition) is 2. The highest BCUT2D eigenvalue weighted by Gasteiger charge is 2.44. The van der Waals surface area contributed by atoms with Crippen molar-refractivity contribution in [2.24, 2.45) is 17.1 Å². The summed E-state index contributed by atoms with van der Waals surface area (Å²) in [6.07, 6.45) is 2.18. The van der Waals surface area contributed by atoms with Gasteiger partial charge in [-0.25, -0.2) is 4.79 Å². The summed E-state index contributed by atoms with van der Waals surface area (Å²) in [7, 11) is 0. The van der Waals surface area contributed by atoms with Crippen LogP contribution in [-0.4, -0.2) is 72.7 Å². The molecular formula is C20H35N5O3. The molecule has 8 heteroatoms. The largest absolute Gasteiger partial charge is 0.377 e. The lowest BCUT2D eigenvalue weighted by Crippen LogP contribution is -2.60. The van der Waals surface area contributed by atoms with Gasteiger partial charge in [-0.05, 0) is 31.2 Å². The van der Waals surface area contributed by atoms with Gasteiger partial charge in [-0.1, -0.05) is 27.7 Å². The molecule has 28 heavy (non-hydrogen) atoms. The van der Waals surface area contributed by atoms with Crippen molar-refractivity contribution < 1.29 is 14.3 Å². The summed E-state index contributed by atoms with van der Waals surface area (Å²) in [5.74, 6) is -0.685. The highest BCUT2D eigenvalue weighted by Crippen LogP contribution is 2.31. The summed E-state index contributed by atoms with van der Waals surface area (Å²) in [6, 6.07) is 1.38. The van der Waals surface area contributed by atoms with E-state index in [1.165, 1.54) is 4.90 Å². The number of likely N-dealkylation sites (tertiary alicyclic amines) is 1. The Morgan fingerprint density at radius 1 is 1.39 bits per heavy atom. The number of urea groups is 1. The van der Waals surface area contributed by atoms with Gasteiger partial charge in [0.1, 0.15) is 5.54 Å². The Bertz CT molecular complexity index is 612. The summed E-state index contributed by atoms with van der Waals surface area (Å²) in [5.41, 5.74) is 4.56. The second kappa shape index (κ2) is 9.10. The normalized spacial score (nSPS) is 27.2. The molecule has 0 aliphatic carbocycles. The third kappa shape index (κ3) is 5.58. The Labute approximate surface area is 168 Å². The topological polar surface area (TPSA) is 112 Å². The fourth-order valence-electron chi connectivity index (χ4n) is 4.24. The lowest BCUT2D eigenvalue weighted by atomic mass is 9.79. The van der Waals surface area contributed by atoms with Crippen molar-refractivity contribution in [3.05, 3.63) is 0 Å². The maximum absolute atomic E-state index is 13.4. The number of primary amides is 1. The van der Waals surface area contributed by atoms with Crippen molar-refractivity contribution in [3.63, 3.8) is 0 Å². The van der Waals surface area contributed by atoms with Crippen LogP contribution >= 0.6 is 0 Å². The van der Waals surface area contributed by atoms with Crippen LogP contribution < -0.4 is 11.1 Å². The fraction of sp³-hybridized carbons (Fsp3) is 0.850. The SMILES string of the molecule is CCCN1CCC(C#N)(NC(=O)C(CC(C)(C)C)C2COCCN2C(N)=O)C1. The van der Waals surface area contributed by atoms with Gasteiger partial charge in [0.25, 0.3) is 0 Å². The van der Waals surface area contributed by atoms with Crippen LogP contribution in [0.4, 0.5) is 4.79 Å². The van der Waals surface area contributed by atoms with Crippen LogP contribution in [0, 0.1) is 22.7 Å². The number of ether oxygens (including phenoxy) is 1. The number of carbonyl (C=O) groups excluding carboxylic acids is 2. The molecule has 0 spiro atoms. The first kappa shape index (κ1) is 22.4. The molecule has 3 unspecified atom stereocenters. The third-order valence-corrected chi connectivity index (χ3v) is 5.55. The molecule has 3 amide bonds. The van der Waals surface area contributed by atoms with Gasteiger partial charge < -0.3 is 20.7 Å². The molecule has 2 heterocycles. The number of hydrogen-bond acceptors (Lipinski definition) is 5. The van der Waals surface area contributed by atoms with Crippen molar-refractivity contribution in [1.82, 2.24) is 15.1 Å². The number of nitrogens with two attached hydrogens (primary N) is 1. The van der Waals surface area contributed by atoms with Crippen LogP contribution in [0.15, 0.2) is 0 Å². The van der Waals surface area contributed by atoms with Crippen molar-refractivity contribution in [2.75, 3.05) is 39.4 Å². The molecule has 2 rings (SSSR count). The predicted molar refractivity (Wildman–Crippen MR) is 106 cm³/mol. The standard InChI is InChI=1S/C20H35N5O3/c1-5-7-24-8-6-20(13-21,14-24)23-17(26)15(11-19(2,3)4)16-12-28-10-9-25(16)18(22)27/h15-16H,5-12,14H2,1-4H3,(H2,22,27)(H,23,26). The van der Waals surface area contributed by atoms with E-state index in [1.54, 1.807) is 0 Å². The molecule has 2 aliphatic rings. The highest BCUT2D eigenvalue weighted by molar-refractivity contribution is 5.82. The van der Waals surface area contributed by atoms with Crippen LogP contribution in [-0.2, 0) is 9.53 Å². The van der Waals surface area contributed by atoms with Crippen LogP contribution in [0.3, 0.4) is 0 Å². The zero-order valence-electron chi connectivity index (χ0n) is 17.7. The number of nitrogens with zero attached hydrogens (tertiary/aromatic N) is 3. The molecule has 0 bridgehead atoms. The maximum atomic E-state index is 13.4. The van der Waals surface area contributed by atoms with Gasteiger partial charge in [-0.3, -0.25) is 9.69 Å². The molecule has 0 aromatic heterocycles. The first-order valence-electron chi connectivity index (χ1n) is 10.2. The van der Waals surface area contributed by atoms with Gasteiger partial charge in [-0.15, -0.1) is 0 Å². The molecule has 0 saturated carbocycles. The summed E-state index contributed by atoms with van der Waals surface area (Å²) >= 11 is 0. The van der Waals surface area contributed by atoms with Gasteiger partial charge >= 0.3 is 6.03 Å². The average molecular weight is 394 g/mol. The minimum absolute atomic E-state index is 0.132. The van der Waals surface area contributed by atoms with Gasteiger partial charge in [0.2, 0.25) is 5.91 Å². The van der Waals surface area contributed by atoms with Gasteiger partial charge in [0.15, 0.2) is 0 Å². The summed E-state index contributed by atoms with van der Waals surface area (Å²) in [5, 5.41) is 12.8. The molecule has 0 aromatic carbocycles. The number of amides is 3. The number of morpholine rings is 1. The van der Waals surface area contributed by atoms with E-state index in [4.69, 9.17) is 10.5 Å². The van der Waals surface area contributed by atoms with Crippen LogP contribution in [0.2, 0.25) is 0 Å². The molecular weight excluding hydrogens is 358 g/mol. The fourth-order valence-corrected chi connectivity index (χ4v) is 4.24. The summed E-state index contributed by atoms with van der Waals surface area (Å²) < 4.78 is 5.58. The third-order valence-electron chi connectivity index (χ3n) is 5.55. The highest BCUT2D eigenvalue weighted by atomic mass is 16.5. The lowest BCUT2D eigenvalue weighted by Gasteiger charge is -2.41. The first-order valence-corrected chi connectivity index (χ1v) is 10.2. The zero-order chi connectivity index (χ0) is 20.9. The zero-order valence-corrected chi connectivity index (χ0v) is 17.7. The quantitative estimate of drug-likeness (QED) is 0.707. The number of carbonyl (C=O) groups is 2. The molecule has 2 saturated heterocycles. The predicted octanol–water partition coefficient (Wildman–Crippen LogP) is 1.31. The van der Waals surface area contributed by atoms with Crippen LogP contribution in [0.5, 0.6) is 0 Å². The Hall–Kier alpha value is -1.85. The Kier molecular flexibility index (Phi) is 7.29. The lowest BCUT2D eigenvalue weighted by molar-refractivity contribution is -0.132. The molecule has 0 aromatic rings. The maximum Gasteiger partial charge on any atom is 0.315 e. The van der Waals surface area contributed by atoms with E-state index in [0.29, 0.717) is 32.5 Å². The van der Waals surface area contributed by atoms with Crippen molar-refractivity contribution in [1.29, 1.82) is 5.26 Å². The summed E-state index contributed by atoms with van der Waals surface area (Å²) in [6.45, 7) is 11.6. The molecule has 158 valence electrons. The molecule has 2 fully saturated rings. The van der Waals surface area contributed by atoms with Gasteiger partial charge in [-0.2, -0.15) is 5.26 Å². The smallest absolute Gasteiger partial charge is 0.315 e. The number of nitriles is 1. The molecule has 3 atom stereocenters. The minimum atomic E-state index is -0.879. The van der Waals surface area contributed by atoms with E-state index in [0.717, 1.165) is 19.5 Å². The van der Waals surface area contributed by atoms with Crippen molar-refractivity contribution in [3.8, 4) is 6.07 Å². The Morgan fingerprint density at radius 3 is 2.68 bits per heavy atom. The van der Waals surface area contributed by atoms with E-state index in [1.807, 2.05) is 0 Å². The molecule has 3 N–H and O–H groups in total. The second-order valence-corrected chi connectivity index (χ2v) is 9.25. The van der Waals surface area contributed by atoms with E-state index in [9.17, 15) is 14.9 Å². The summed E-state index contributed by atoms with van der Waals surface area (Å²) in [4.78, 5) is 29.0. The van der Waals surface area contributed by atoms with Gasteiger partial charge in [0, 0.05) is 19.6 Å². The molecule has 0 radical (unpaired) electrons. The first-order chi connectivity index (χ1) is 13.1. The van der Waals surface area contributed by atoms with Crippen molar-refractivity contribution >= 4 is 11.9 Å². The Balaban J connectivity index is 2.21. The molecule has 8 nitrogen and oxygen atoms in total. The number of nitrogens with one attached hydrogen (secondary N) is 1. The van der Waals surface area contributed by atoms with E-state index < -0.39 is 23.5 Å². The average Bonchev–Trinajstić information content (AvgIpc) is 3.02. The van der Waals surface area contributed by atoms with E-state index in [-0.39, 0.29) is 17.9 Å². The number of rotatable bonds is 6. The second-order valence-electron chi connectivity index (χ2n) is 9.25. The molecule has 2 aliphatic heterocycles. The van der Waals surface area contributed by atoms with Gasteiger partial charge in [0.05, 0.1) is 31.2 Å². The van der Waals surface area contributed by atoms with Crippen LogP contribution in [0.25, 0.3) is 0 Å². The van der Waals surface area contributed by atoms with Crippen LogP contribution in [0.1, 0.15) is 47.0 Å². The van der Waals surface area contributed by atoms with Crippen molar-refractivity contribution in [2.45, 2.75) is 58.5 Å². The van der Waals surface area contributed by atoms with E-state index >= 15 is 0 Å². The Morgan fingerprint density at radius 2 is 2.11 bits per heavy atom. The monoisotopic (exact) mass is 393 g/mol.